The highest BCUT2D eigenvalue weighted by Gasteiger charge is 2.27. The fraction of sp³-hybridized carbons (Fsp3) is 0.308. The van der Waals surface area contributed by atoms with E-state index in [0.29, 0.717) is 5.88 Å². The second-order valence-corrected chi connectivity index (χ2v) is 9.31. The third-order valence-electron chi connectivity index (χ3n) is 5.23. The van der Waals surface area contributed by atoms with Crippen LogP contribution in [0, 0.1) is 19.8 Å². The molecule has 3 nitrogen and oxygen atoms in total. The van der Waals surface area contributed by atoms with E-state index in [-0.39, 0.29) is 22.2 Å². The molecule has 0 saturated heterocycles. The van der Waals surface area contributed by atoms with Crippen molar-refractivity contribution in [1.29, 1.82) is 0 Å². The van der Waals surface area contributed by atoms with Crippen LogP contribution in [0.4, 0.5) is 0 Å². The third-order valence-corrected chi connectivity index (χ3v) is 6.31. The summed E-state index contributed by atoms with van der Waals surface area (Å²) < 4.78 is 5.85. The van der Waals surface area contributed by atoms with E-state index in [0.717, 1.165) is 17.0 Å². The van der Waals surface area contributed by atoms with Crippen LogP contribution in [-0.4, -0.2) is 10.1 Å². The average Bonchev–Trinajstić information content (AvgIpc) is 2.71. The summed E-state index contributed by atoms with van der Waals surface area (Å²) >= 11 is 1.35. The molecule has 1 heterocycles. The molecule has 3 rings (SSSR count). The first kappa shape index (κ1) is 22.1. The number of thioether (sulfide) groups is 1. The van der Waals surface area contributed by atoms with Gasteiger partial charge in [-0.25, -0.2) is 4.98 Å². The Balaban J connectivity index is 1.75. The Morgan fingerprint density at radius 1 is 0.900 bits per heavy atom. The normalized spacial score (nSPS) is 13.1. The van der Waals surface area contributed by atoms with E-state index in [2.05, 4.69) is 50.9 Å². The minimum atomic E-state index is -0.138. The van der Waals surface area contributed by atoms with Gasteiger partial charge in [-0.05, 0) is 61.6 Å². The summed E-state index contributed by atoms with van der Waals surface area (Å²) in [6.07, 6.45) is 0. The first-order chi connectivity index (χ1) is 14.3. The molecule has 0 saturated carbocycles. The Bertz CT molecular complexity index is 1000. The quantitative estimate of drug-likeness (QED) is 0.404. The van der Waals surface area contributed by atoms with Gasteiger partial charge in [-0.1, -0.05) is 68.1 Å². The summed E-state index contributed by atoms with van der Waals surface area (Å²) in [5.41, 5.74) is 4.39. The van der Waals surface area contributed by atoms with Gasteiger partial charge in [0.05, 0.1) is 16.9 Å². The Labute approximate surface area is 183 Å². The van der Waals surface area contributed by atoms with Crippen molar-refractivity contribution < 1.29 is 9.53 Å². The van der Waals surface area contributed by atoms with E-state index in [1.54, 1.807) is 0 Å². The molecule has 0 bridgehead atoms. The molecule has 3 aromatic rings. The van der Waals surface area contributed by atoms with Gasteiger partial charge in [0.15, 0.2) is 5.12 Å². The van der Waals surface area contributed by atoms with E-state index in [4.69, 9.17) is 4.74 Å². The number of carbonyl (C=O) groups excluding carboxylic acids is 1. The maximum absolute atomic E-state index is 13.2. The number of pyridine rings is 1. The van der Waals surface area contributed by atoms with Crippen LogP contribution in [0.15, 0.2) is 66.7 Å². The standard InChI is InChI=1S/C26H29NO2S/c1-17(2)25(21-15-14-18(3)19(4)16-21)26(28)30-20(5)23-12-9-13-24(27-23)29-22-10-7-6-8-11-22/h6-17,20,25H,1-5H3. The lowest BCUT2D eigenvalue weighted by Crippen LogP contribution is -2.17. The van der Waals surface area contributed by atoms with Gasteiger partial charge in [0.2, 0.25) is 5.88 Å². The maximum atomic E-state index is 13.2. The number of aromatic nitrogens is 1. The second kappa shape index (κ2) is 9.94. The van der Waals surface area contributed by atoms with Gasteiger partial charge < -0.3 is 4.74 Å². The predicted octanol–water partition coefficient (Wildman–Crippen LogP) is 7.25. The number of rotatable bonds is 7. The summed E-state index contributed by atoms with van der Waals surface area (Å²) in [5.74, 6) is 1.36. The maximum Gasteiger partial charge on any atom is 0.219 e. The molecule has 0 fully saturated rings. The van der Waals surface area contributed by atoms with Gasteiger partial charge in [-0.15, -0.1) is 0 Å². The van der Waals surface area contributed by atoms with Crippen molar-refractivity contribution >= 4 is 16.9 Å². The number of nitrogens with zero attached hydrogens (tertiary/aromatic N) is 1. The topological polar surface area (TPSA) is 39.2 Å². The second-order valence-electron chi connectivity index (χ2n) is 7.96. The zero-order valence-electron chi connectivity index (χ0n) is 18.3. The van der Waals surface area contributed by atoms with E-state index < -0.39 is 0 Å². The Hall–Kier alpha value is -2.59. The molecule has 2 unspecified atom stereocenters. The molecule has 30 heavy (non-hydrogen) atoms. The van der Waals surface area contributed by atoms with Crippen LogP contribution in [0.25, 0.3) is 0 Å². The molecule has 2 aromatic carbocycles. The number of benzene rings is 2. The van der Waals surface area contributed by atoms with Crippen molar-refractivity contribution in [3.8, 4) is 11.6 Å². The highest BCUT2D eigenvalue weighted by atomic mass is 32.2. The lowest BCUT2D eigenvalue weighted by atomic mass is 9.88. The summed E-state index contributed by atoms with van der Waals surface area (Å²) in [4.78, 5) is 17.9. The number of hydrogen-bond acceptors (Lipinski definition) is 4. The largest absolute Gasteiger partial charge is 0.439 e. The Morgan fingerprint density at radius 3 is 2.30 bits per heavy atom. The van der Waals surface area contributed by atoms with Crippen LogP contribution in [0.5, 0.6) is 11.6 Å². The fourth-order valence-corrected chi connectivity index (χ4v) is 4.54. The van der Waals surface area contributed by atoms with Crippen LogP contribution in [0.1, 0.15) is 54.3 Å². The van der Waals surface area contributed by atoms with E-state index in [1.807, 2.05) is 55.5 Å². The van der Waals surface area contributed by atoms with Crippen LogP contribution in [-0.2, 0) is 4.79 Å². The summed E-state index contributed by atoms with van der Waals surface area (Å²) in [7, 11) is 0. The number of hydrogen-bond donors (Lipinski definition) is 0. The zero-order chi connectivity index (χ0) is 21.7. The molecule has 0 radical (unpaired) electrons. The Morgan fingerprint density at radius 2 is 1.63 bits per heavy atom. The van der Waals surface area contributed by atoms with Gasteiger partial charge in [-0.2, -0.15) is 0 Å². The molecule has 1 aromatic heterocycles. The Kier molecular flexibility index (Phi) is 7.33. The summed E-state index contributed by atoms with van der Waals surface area (Å²) in [6.45, 7) is 10.4. The zero-order valence-corrected chi connectivity index (χ0v) is 19.1. The molecule has 0 aliphatic heterocycles. The van der Waals surface area contributed by atoms with Crippen molar-refractivity contribution in [2.24, 2.45) is 5.92 Å². The molecule has 156 valence electrons. The molecule has 0 aliphatic carbocycles. The van der Waals surface area contributed by atoms with E-state index >= 15 is 0 Å². The van der Waals surface area contributed by atoms with E-state index in [9.17, 15) is 4.79 Å². The molecule has 0 aliphatic rings. The predicted molar refractivity (Wildman–Crippen MR) is 125 cm³/mol. The van der Waals surface area contributed by atoms with Crippen LogP contribution in [0.2, 0.25) is 0 Å². The number of para-hydroxylation sites is 1. The molecule has 0 spiro atoms. The molecule has 4 heteroatoms. The highest BCUT2D eigenvalue weighted by molar-refractivity contribution is 8.13. The molecular weight excluding hydrogens is 390 g/mol. The minimum Gasteiger partial charge on any atom is -0.439 e. The number of carbonyl (C=O) groups is 1. The molecule has 2 atom stereocenters. The summed E-state index contributed by atoms with van der Waals surface area (Å²) in [6, 6.07) is 21.6. The monoisotopic (exact) mass is 419 g/mol. The van der Waals surface area contributed by atoms with E-state index in [1.165, 1.54) is 22.9 Å². The highest BCUT2D eigenvalue weighted by Crippen LogP contribution is 2.37. The first-order valence-corrected chi connectivity index (χ1v) is 11.2. The van der Waals surface area contributed by atoms with Gasteiger partial charge in [-0.3, -0.25) is 4.79 Å². The van der Waals surface area contributed by atoms with Crippen LogP contribution in [0.3, 0.4) is 0 Å². The SMILES string of the molecule is Cc1ccc(C(C(=O)SC(C)c2cccc(Oc3ccccc3)n2)C(C)C)cc1C. The number of aryl methyl sites for hydroxylation is 2. The van der Waals surface area contributed by atoms with Crippen molar-refractivity contribution in [2.45, 2.75) is 45.8 Å². The fourth-order valence-electron chi connectivity index (χ4n) is 3.38. The minimum absolute atomic E-state index is 0.0652. The van der Waals surface area contributed by atoms with Crippen molar-refractivity contribution in [1.82, 2.24) is 4.98 Å². The first-order valence-electron chi connectivity index (χ1n) is 10.3. The number of ether oxygens (including phenoxy) is 1. The van der Waals surface area contributed by atoms with Crippen molar-refractivity contribution in [3.05, 3.63) is 89.1 Å². The van der Waals surface area contributed by atoms with Gasteiger partial charge in [0.1, 0.15) is 5.75 Å². The third kappa shape index (κ3) is 5.51. The molecule has 0 N–H and O–H groups in total. The smallest absolute Gasteiger partial charge is 0.219 e. The lowest BCUT2D eigenvalue weighted by molar-refractivity contribution is -0.113. The van der Waals surface area contributed by atoms with Gasteiger partial charge in [0.25, 0.3) is 0 Å². The lowest BCUT2D eigenvalue weighted by Gasteiger charge is -2.22. The van der Waals surface area contributed by atoms with Crippen LogP contribution >= 0.6 is 11.8 Å². The molecular formula is C26H29NO2S. The van der Waals surface area contributed by atoms with Gasteiger partial charge >= 0.3 is 0 Å². The molecule has 0 amide bonds. The average molecular weight is 420 g/mol. The summed E-state index contributed by atoms with van der Waals surface area (Å²) in [5, 5.41) is 0.113. The van der Waals surface area contributed by atoms with Gasteiger partial charge in [0, 0.05) is 6.07 Å². The van der Waals surface area contributed by atoms with Crippen molar-refractivity contribution in [2.75, 3.05) is 0 Å². The van der Waals surface area contributed by atoms with Crippen LogP contribution < -0.4 is 4.74 Å². The van der Waals surface area contributed by atoms with Crippen molar-refractivity contribution in [3.63, 3.8) is 0 Å².